The molecular weight excluding hydrogens is 242 g/mol. The van der Waals surface area contributed by atoms with E-state index in [0.29, 0.717) is 5.88 Å². The summed E-state index contributed by atoms with van der Waals surface area (Å²) in [4.78, 5) is 4.35. The Hall–Kier alpha value is -1.09. The number of nitrogens with zero attached hydrogens (tertiary/aromatic N) is 1. The number of fused-ring (bicyclic) bond motifs is 1. The maximum Gasteiger partial charge on any atom is 0.213 e. The Morgan fingerprint density at radius 3 is 2.79 bits per heavy atom. The number of aryl methyl sites for hydroxylation is 1. The highest BCUT2D eigenvalue weighted by Gasteiger charge is 2.02. The van der Waals surface area contributed by atoms with Gasteiger partial charge in [-0.25, -0.2) is 4.98 Å². The fourth-order valence-electron chi connectivity index (χ4n) is 1.44. The molecule has 3 heteroatoms. The van der Waals surface area contributed by atoms with Crippen LogP contribution in [0.4, 0.5) is 0 Å². The van der Waals surface area contributed by atoms with Gasteiger partial charge in [-0.3, -0.25) is 0 Å². The van der Waals surface area contributed by atoms with Crippen LogP contribution < -0.4 is 4.74 Å². The molecule has 72 valence electrons. The second-order valence-electron chi connectivity index (χ2n) is 3.14. The van der Waals surface area contributed by atoms with Crippen LogP contribution in [0.3, 0.4) is 0 Å². The van der Waals surface area contributed by atoms with Gasteiger partial charge in [0, 0.05) is 15.9 Å². The molecule has 0 amide bonds. The summed E-state index contributed by atoms with van der Waals surface area (Å²) < 4.78 is 6.18. The van der Waals surface area contributed by atoms with Crippen molar-refractivity contribution in [1.29, 1.82) is 0 Å². The Morgan fingerprint density at radius 2 is 2.07 bits per heavy atom. The molecular formula is C11H10BrNO. The summed E-state index contributed by atoms with van der Waals surface area (Å²) in [5.74, 6) is 0.664. The molecule has 2 nitrogen and oxygen atoms in total. The van der Waals surface area contributed by atoms with Gasteiger partial charge < -0.3 is 4.74 Å². The van der Waals surface area contributed by atoms with E-state index < -0.39 is 0 Å². The van der Waals surface area contributed by atoms with E-state index in [-0.39, 0.29) is 0 Å². The predicted octanol–water partition coefficient (Wildman–Crippen LogP) is 3.31. The lowest BCUT2D eigenvalue weighted by molar-refractivity contribution is 0.399. The van der Waals surface area contributed by atoms with Crippen molar-refractivity contribution in [2.45, 2.75) is 6.92 Å². The van der Waals surface area contributed by atoms with Crippen LogP contribution in [-0.4, -0.2) is 12.1 Å². The van der Waals surface area contributed by atoms with Crippen LogP contribution in [-0.2, 0) is 0 Å². The Balaban J connectivity index is 2.76. The summed E-state index contributed by atoms with van der Waals surface area (Å²) in [7, 11) is 1.63. The Labute approximate surface area is 91.0 Å². The molecule has 0 N–H and O–H groups in total. The molecule has 0 spiro atoms. The van der Waals surface area contributed by atoms with Crippen LogP contribution in [0.15, 0.2) is 28.7 Å². The zero-order valence-corrected chi connectivity index (χ0v) is 9.63. The molecule has 0 saturated carbocycles. The van der Waals surface area contributed by atoms with Gasteiger partial charge in [-0.1, -0.05) is 15.9 Å². The van der Waals surface area contributed by atoms with Crippen molar-refractivity contribution in [3.63, 3.8) is 0 Å². The minimum atomic E-state index is 0.664. The number of aromatic nitrogens is 1. The van der Waals surface area contributed by atoms with Gasteiger partial charge in [-0.2, -0.15) is 0 Å². The van der Waals surface area contributed by atoms with Gasteiger partial charge in [0.25, 0.3) is 0 Å². The van der Waals surface area contributed by atoms with E-state index in [4.69, 9.17) is 4.74 Å². The Bertz CT molecular complexity index is 482. The number of hydrogen-bond donors (Lipinski definition) is 0. The van der Waals surface area contributed by atoms with Crippen LogP contribution >= 0.6 is 15.9 Å². The van der Waals surface area contributed by atoms with E-state index >= 15 is 0 Å². The fraction of sp³-hybridized carbons (Fsp3) is 0.182. The zero-order valence-electron chi connectivity index (χ0n) is 8.04. The van der Waals surface area contributed by atoms with Crippen molar-refractivity contribution in [2.75, 3.05) is 7.11 Å². The van der Waals surface area contributed by atoms with Gasteiger partial charge in [0.05, 0.1) is 12.6 Å². The van der Waals surface area contributed by atoms with Crippen LogP contribution in [0.1, 0.15) is 5.56 Å². The van der Waals surface area contributed by atoms with Crippen LogP contribution in [0.2, 0.25) is 0 Å². The smallest absolute Gasteiger partial charge is 0.213 e. The molecule has 1 heterocycles. The molecule has 0 aliphatic rings. The van der Waals surface area contributed by atoms with Crippen LogP contribution in [0, 0.1) is 6.92 Å². The minimum absolute atomic E-state index is 0.664. The average Bonchev–Trinajstić information content (AvgIpc) is 2.19. The highest BCUT2D eigenvalue weighted by molar-refractivity contribution is 9.10. The molecule has 14 heavy (non-hydrogen) atoms. The first-order valence-electron chi connectivity index (χ1n) is 4.31. The summed E-state index contributed by atoms with van der Waals surface area (Å²) in [6, 6.07) is 7.97. The molecule has 1 aromatic heterocycles. The number of pyridine rings is 1. The third kappa shape index (κ3) is 1.60. The molecule has 0 aliphatic heterocycles. The van der Waals surface area contributed by atoms with Gasteiger partial charge in [0.2, 0.25) is 5.88 Å². The van der Waals surface area contributed by atoms with E-state index in [0.717, 1.165) is 15.4 Å². The molecule has 0 saturated heterocycles. The highest BCUT2D eigenvalue weighted by atomic mass is 79.9. The predicted molar refractivity (Wildman–Crippen MR) is 60.7 cm³/mol. The van der Waals surface area contributed by atoms with Crippen LogP contribution in [0.5, 0.6) is 5.88 Å². The van der Waals surface area contributed by atoms with E-state index in [1.54, 1.807) is 7.11 Å². The van der Waals surface area contributed by atoms with Crippen molar-refractivity contribution < 1.29 is 4.74 Å². The van der Waals surface area contributed by atoms with Crippen molar-refractivity contribution in [3.05, 3.63) is 34.3 Å². The number of halogens is 1. The van der Waals surface area contributed by atoms with Gasteiger partial charge in [-0.05, 0) is 30.7 Å². The average molecular weight is 252 g/mol. The normalized spacial score (nSPS) is 10.5. The molecule has 0 bridgehead atoms. The van der Waals surface area contributed by atoms with Crippen molar-refractivity contribution >= 4 is 26.8 Å². The lowest BCUT2D eigenvalue weighted by atomic mass is 10.1. The molecule has 0 unspecified atom stereocenters. The third-order valence-electron chi connectivity index (χ3n) is 2.16. The van der Waals surface area contributed by atoms with E-state index in [2.05, 4.69) is 33.9 Å². The SMILES string of the molecule is COc1cc(C)c2cc(Br)ccc2n1. The second kappa shape index (κ2) is 3.58. The second-order valence-corrected chi connectivity index (χ2v) is 4.06. The number of ether oxygens (including phenoxy) is 1. The molecule has 1 aromatic carbocycles. The largest absolute Gasteiger partial charge is 0.481 e. The summed E-state index contributed by atoms with van der Waals surface area (Å²) in [6.45, 7) is 2.05. The van der Waals surface area contributed by atoms with Gasteiger partial charge >= 0.3 is 0 Å². The minimum Gasteiger partial charge on any atom is -0.481 e. The summed E-state index contributed by atoms with van der Waals surface area (Å²) >= 11 is 3.44. The number of benzene rings is 1. The standard InChI is InChI=1S/C11H10BrNO/c1-7-5-11(14-2)13-10-4-3-8(12)6-9(7)10/h3-6H,1-2H3. The van der Waals surface area contributed by atoms with Gasteiger partial charge in [0.15, 0.2) is 0 Å². The van der Waals surface area contributed by atoms with Gasteiger partial charge in [0.1, 0.15) is 0 Å². The highest BCUT2D eigenvalue weighted by Crippen LogP contribution is 2.24. The first-order valence-corrected chi connectivity index (χ1v) is 5.11. The van der Waals surface area contributed by atoms with Crippen molar-refractivity contribution in [1.82, 2.24) is 4.98 Å². The van der Waals surface area contributed by atoms with E-state index in [9.17, 15) is 0 Å². The molecule has 2 rings (SSSR count). The maximum absolute atomic E-state index is 5.11. The lowest BCUT2D eigenvalue weighted by Crippen LogP contribution is -1.90. The molecule has 0 radical (unpaired) electrons. The third-order valence-corrected chi connectivity index (χ3v) is 2.66. The summed E-state index contributed by atoms with van der Waals surface area (Å²) in [5, 5.41) is 1.15. The quantitative estimate of drug-likeness (QED) is 0.776. The van der Waals surface area contributed by atoms with Crippen LogP contribution in [0.25, 0.3) is 10.9 Å². The lowest BCUT2D eigenvalue weighted by Gasteiger charge is -2.05. The topological polar surface area (TPSA) is 22.1 Å². The number of methoxy groups -OCH3 is 1. The fourth-order valence-corrected chi connectivity index (χ4v) is 1.80. The number of hydrogen-bond acceptors (Lipinski definition) is 2. The monoisotopic (exact) mass is 251 g/mol. The molecule has 0 aliphatic carbocycles. The molecule has 0 fully saturated rings. The van der Waals surface area contributed by atoms with Crippen molar-refractivity contribution in [2.24, 2.45) is 0 Å². The van der Waals surface area contributed by atoms with Gasteiger partial charge in [-0.15, -0.1) is 0 Å². The zero-order chi connectivity index (χ0) is 10.1. The summed E-state index contributed by atoms with van der Waals surface area (Å²) in [6.07, 6.45) is 0. The first kappa shape index (κ1) is 9.46. The summed E-state index contributed by atoms with van der Waals surface area (Å²) in [5.41, 5.74) is 2.14. The maximum atomic E-state index is 5.11. The number of rotatable bonds is 1. The first-order chi connectivity index (χ1) is 6.70. The van der Waals surface area contributed by atoms with Crippen molar-refractivity contribution in [3.8, 4) is 5.88 Å². The molecule has 2 aromatic rings. The molecule has 0 atom stereocenters. The Morgan fingerprint density at radius 1 is 1.29 bits per heavy atom. The van der Waals surface area contributed by atoms with E-state index in [1.165, 1.54) is 5.56 Å². The van der Waals surface area contributed by atoms with E-state index in [1.807, 2.05) is 18.2 Å². The Kier molecular flexibility index (Phi) is 2.42.